The Balaban J connectivity index is 0.966. The van der Waals surface area contributed by atoms with Crippen molar-refractivity contribution in [2.75, 3.05) is 23.0 Å². The first-order valence-electron chi connectivity index (χ1n) is 15.1. The molecule has 2 aliphatic heterocycles. The average molecular weight is 631 g/mol. The lowest BCUT2D eigenvalue weighted by molar-refractivity contribution is -0.121. The molecule has 0 spiro atoms. The predicted molar refractivity (Wildman–Crippen MR) is 163 cm³/mol. The van der Waals surface area contributed by atoms with Gasteiger partial charge in [-0.15, -0.1) is 0 Å². The van der Waals surface area contributed by atoms with E-state index in [1.54, 1.807) is 13.8 Å². The van der Waals surface area contributed by atoms with E-state index in [0.717, 1.165) is 35.5 Å². The summed E-state index contributed by atoms with van der Waals surface area (Å²) in [5, 5.41) is 0. The zero-order chi connectivity index (χ0) is 32.8. The summed E-state index contributed by atoms with van der Waals surface area (Å²) in [5.74, 6) is -2.27. The van der Waals surface area contributed by atoms with Gasteiger partial charge in [-0.05, 0) is 99.9 Å². The Kier molecular flexibility index (Phi) is 10.2. The second-order valence-electron chi connectivity index (χ2n) is 11.3. The maximum atomic E-state index is 12.5. The van der Waals surface area contributed by atoms with Crippen LogP contribution < -0.4 is 9.80 Å². The molecular formula is C34H34N2O10. The van der Waals surface area contributed by atoms with Crippen LogP contribution in [0, 0.1) is 11.8 Å². The Labute approximate surface area is 265 Å². The molecular weight excluding hydrogens is 596 g/mol. The predicted octanol–water partition coefficient (Wildman–Crippen LogP) is 4.09. The van der Waals surface area contributed by atoms with Crippen LogP contribution in [0.25, 0.3) is 0 Å². The van der Waals surface area contributed by atoms with E-state index in [2.05, 4.69) is 0 Å². The molecule has 46 heavy (non-hydrogen) atoms. The van der Waals surface area contributed by atoms with Gasteiger partial charge in [0.2, 0.25) is 0 Å². The van der Waals surface area contributed by atoms with Crippen molar-refractivity contribution in [1.82, 2.24) is 0 Å². The highest BCUT2D eigenvalue weighted by Gasteiger charge is 2.27. The van der Waals surface area contributed by atoms with Crippen LogP contribution in [0.3, 0.4) is 0 Å². The highest BCUT2D eigenvalue weighted by Crippen LogP contribution is 2.30. The van der Waals surface area contributed by atoms with E-state index in [1.807, 2.05) is 0 Å². The van der Waals surface area contributed by atoms with Gasteiger partial charge in [-0.3, -0.25) is 19.2 Å². The number of esters is 2. The van der Waals surface area contributed by atoms with Crippen LogP contribution in [-0.4, -0.2) is 61.4 Å². The van der Waals surface area contributed by atoms with Gasteiger partial charge in [-0.25, -0.2) is 19.4 Å². The van der Waals surface area contributed by atoms with Gasteiger partial charge in [-0.1, -0.05) is 0 Å². The molecule has 1 fully saturated rings. The number of imide groups is 2. The summed E-state index contributed by atoms with van der Waals surface area (Å²) >= 11 is 0. The molecule has 1 saturated carbocycles. The third kappa shape index (κ3) is 7.82. The lowest BCUT2D eigenvalue weighted by Crippen LogP contribution is -2.29. The van der Waals surface area contributed by atoms with Crippen molar-refractivity contribution < 1.29 is 47.7 Å². The van der Waals surface area contributed by atoms with E-state index in [0.29, 0.717) is 36.4 Å². The normalized spacial score (nSPS) is 20.7. The van der Waals surface area contributed by atoms with Gasteiger partial charge in [0.15, 0.2) is 12.6 Å². The summed E-state index contributed by atoms with van der Waals surface area (Å²) in [4.78, 5) is 74.4. The topological polar surface area (TPSA) is 146 Å². The summed E-state index contributed by atoms with van der Waals surface area (Å²) < 4.78 is 22.4. The Morgan fingerprint density at radius 2 is 0.891 bits per heavy atom. The average Bonchev–Trinajstić information content (AvgIpc) is 3.57. The van der Waals surface area contributed by atoms with Gasteiger partial charge in [0.05, 0.1) is 35.7 Å². The number of ether oxygens (including phenoxy) is 4. The second-order valence-corrected chi connectivity index (χ2v) is 11.3. The number of amides is 4. The summed E-state index contributed by atoms with van der Waals surface area (Å²) in [6.45, 7) is 4.19. The molecule has 1 aliphatic carbocycles. The van der Waals surface area contributed by atoms with Crippen molar-refractivity contribution >= 4 is 46.9 Å². The van der Waals surface area contributed by atoms with Gasteiger partial charge in [-0.2, -0.15) is 0 Å². The Bertz CT molecular complexity index is 1400. The van der Waals surface area contributed by atoms with E-state index in [1.165, 1.54) is 72.8 Å². The van der Waals surface area contributed by atoms with Crippen LogP contribution in [0.2, 0.25) is 0 Å². The van der Waals surface area contributed by atoms with Gasteiger partial charge in [0.25, 0.3) is 23.6 Å². The summed E-state index contributed by atoms with van der Waals surface area (Å²) in [5.41, 5.74) is 1.29. The van der Waals surface area contributed by atoms with Crippen LogP contribution >= 0.6 is 0 Å². The molecule has 2 aromatic rings. The fourth-order valence-corrected chi connectivity index (χ4v) is 5.42. The summed E-state index contributed by atoms with van der Waals surface area (Å²) in [6, 6.07) is 12.0. The number of carbonyl (C=O) groups excluding carboxylic acids is 6. The van der Waals surface area contributed by atoms with E-state index < -0.39 is 48.1 Å². The maximum Gasteiger partial charge on any atom is 0.340 e. The Morgan fingerprint density at radius 1 is 0.587 bits per heavy atom. The first-order valence-corrected chi connectivity index (χ1v) is 15.1. The van der Waals surface area contributed by atoms with Gasteiger partial charge < -0.3 is 18.9 Å². The SMILES string of the molecule is CC(OCC1CCC(COC(C)OC(=O)c2ccc(N3C(=O)C=CC3=O)cc2)CC1)OC(=O)c1ccc(N2C(=O)C=CC2=O)cc1. The minimum Gasteiger partial charge on any atom is -0.432 e. The van der Waals surface area contributed by atoms with Crippen molar-refractivity contribution in [3.63, 3.8) is 0 Å². The fraction of sp³-hybridized carbons (Fsp3) is 0.353. The molecule has 5 rings (SSSR count). The van der Waals surface area contributed by atoms with E-state index >= 15 is 0 Å². The smallest absolute Gasteiger partial charge is 0.340 e. The van der Waals surface area contributed by atoms with Crippen molar-refractivity contribution in [2.45, 2.75) is 52.1 Å². The molecule has 0 aromatic heterocycles. The molecule has 0 N–H and O–H groups in total. The standard InChI is InChI=1S/C34H34N2O10/c1-21(45-33(41)25-7-11-27(12-8-25)35-29(37)15-16-30(35)38)43-19-23-3-5-24(6-4-23)20-44-22(2)46-34(42)26-9-13-28(14-10-26)36-31(39)17-18-32(36)40/h7-18,21-24H,3-6,19-20H2,1-2H3. The molecule has 0 radical (unpaired) electrons. The molecule has 2 atom stereocenters. The molecule has 2 unspecified atom stereocenters. The number of carbonyl (C=O) groups is 6. The number of hydrogen-bond donors (Lipinski definition) is 0. The van der Waals surface area contributed by atoms with Crippen LogP contribution in [0.5, 0.6) is 0 Å². The monoisotopic (exact) mass is 630 g/mol. The third-order valence-electron chi connectivity index (χ3n) is 7.99. The molecule has 12 nitrogen and oxygen atoms in total. The van der Waals surface area contributed by atoms with Gasteiger partial charge >= 0.3 is 11.9 Å². The maximum absolute atomic E-state index is 12.5. The molecule has 2 heterocycles. The lowest BCUT2D eigenvalue weighted by Gasteiger charge is -2.29. The number of benzene rings is 2. The number of anilines is 2. The zero-order valence-electron chi connectivity index (χ0n) is 25.5. The molecule has 4 amide bonds. The number of rotatable bonds is 12. The van der Waals surface area contributed by atoms with Crippen molar-refractivity contribution in [2.24, 2.45) is 11.8 Å². The summed E-state index contributed by atoms with van der Waals surface area (Å²) in [6.07, 6.45) is 6.92. The molecule has 0 saturated heterocycles. The van der Waals surface area contributed by atoms with Crippen molar-refractivity contribution in [3.05, 3.63) is 84.0 Å². The number of nitrogens with zero attached hydrogens (tertiary/aromatic N) is 2. The van der Waals surface area contributed by atoms with Crippen LogP contribution in [0.15, 0.2) is 72.8 Å². The second kappa shape index (κ2) is 14.4. The molecule has 2 aromatic carbocycles. The van der Waals surface area contributed by atoms with Gasteiger partial charge in [0, 0.05) is 24.3 Å². The van der Waals surface area contributed by atoms with Crippen LogP contribution in [-0.2, 0) is 38.1 Å². The van der Waals surface area contributed by atoms with E-state index in [4.69, 9.17) is 18.9 Å². The zero-order valence-corrected chi connectivity index (χ0v) is 25.5. The highest BCUT2D eigenvalue weighted by molar-refractivity contribution is 6.28. The quantitative estimate of drug-likeness (QED) is 0.191. The van der Waals surface area contributed by atoms with E-state index in [9.17, 15) is 28.8 Å². The highest BCUT2D eigenvalue weighted by atomic mass is 16.7. The summed E-state index contributed by atoms with van der Waals surface area (Å²) in [7, 11) is 0. The minimum absolute atomic E-state index is 0.273. The fourth-order valence-electron chi connectivity index (χ4n) is 5.42. The Hall–Kier alpha value is -4.94. The van der Waals surface area contributed by atoms with Crippen LogP contribution in [0.4, 0.5) is 11.4 Å². The lowest BCUT2D eigenvalue weighted by atomic mass is 9.83. The van der Waals surface area contributed by atoms with Crippen LogP contribution in [0.1, 0.15) is 60.2 Å². The number of hydrogen-bond acceptors (Lipinski definition) is 10. The molecule has 3 aliphatic rings. The van der Waals surface area contributed by atoms with E-state index in [-0.39, 0.29) is 11.1 Å². The first kappa shape index (κ1) is 32.5. The van der Waals surface area contributed by atoms with Crippen molar-refractivity contribution in [1.29, 1.82) is 0 Å². The minimum atomic E-state index is -0.756. The largest absolute Gasteiger partial charge is 0.432 e. The van der Waals surface area contributed by atoms with Crippen molar-refractivity contribution in [3.8, 4) is 0 Å². The Morgan fingerprint density at radius 3 is 1.20 bits per heavy atom. The first-order chi connectivity index (χ1) is 22.1. The molecule has 0 bridgehead atoms. The third-order valence-corrected chi connectivity index (χ3v) is 7.99. The van der Waals surface area contributed by atoms with Gasteiger partial charge in [0.1, 0.15) is 0 Å². The molecule has 240 valence electrons. The molecule has 12 heteroatoms.